The monoisotopic (exact) mass is 261 g/mol. The first-order valence-corrected chi connectivity index (χ1v) is 6.19. The molecule has 1 aromatic carbocycles. The lowest BCUT2D eigenvalue weighted by Crippen LogP contribution is -2.10. The highest BCUT2D eigenvalue weighted by atomic mass is 16.5. The molecule has 1 heterocycles. The summed E-state index contributed by atoms with van der Waals surface area (Å²) < 4.78 is 16.4. The average molecular weight is 261 g/mol. The number of nitrogens with one attached hydrogen (secondary N) is 1. The van der Waals surface area contributed by atoms with Crippen molar-refractivity contribution in [2.24, 2.45) is 0 Å². The van der Waals surface area contributed by atoms with Crippen LogP contribution in [0.15, 0.2) is 34.7 Å². The van der Waals surface area contributed by atoms with Crippen molar-refractivity contribution in [3.05, 3.63) is 36.1 Å². The number of rotatable bonds is 5. The van der Waals surface area contributed by atoms with Gasteiger partial charge in [-0.25, -0.2) is 0 Å². The van der Waals surface area contributed by atoms with Crippen LogP contribution < -0.4 is 14.8 Å². The lowest BCUT2D eigenvalue weighted by atomic mass is 10.1. The van der Waals surface area contributed by atoms with Gasteiger partial charge >= 0.3 is 0 Å². The van der Waals surface area contributed by atoms with Crippen LogP contribution in [-0.4, -0.2) is 21.3 Å². The highest BCUT2D eigenvalue weighted by Crippen LogP contribution is 2.33. The zero-order valence-corrected chi connectivity index (χ0v) is 11.7. The van der Waals surface area contributed by atoms with Crippen LogP contribution in [0.25, 0.3) is 11.3 Å². The van der Waals surface area contributed by atoms with Gasteiger partial charge in [0.1, 0.15) is 11.5 Å². The van der Waals surface area contributed by atoms with Gasteiger partial charge in [-0.2, -0.15) is 0 Å². The van der Waals surface area contributed by atoms with Gasteiger partial charge in [-0.05, 0) is 44.3 Å². The number of furan rings is 1. The molecule has 0 amide bonds. The molecule has 1 aromatic heterocycles. The van der Waals surface area contributed by atoms with E-state index in [4.69, 9.17) is 13.9 Å². The van der Waals surface area contributed by atoms with E-state index in [1.807, 2.05) is 37.4 Å². The fourth-order valence-corrected chi connectivity index (χ4v) is 1.87. The Kier molecular flexibility index (Phi) is 4.12. The van der Waals surface area contributed by atoms with Gasteiger partial charge in [-0.15, -0.1) is 0 Å². The van der Waals surface area contributed by atoms with Crippen LogP contribution in [-0.2, 0) is 0 Å². The standard InChI is InChI=1S/C15H19NO3/c1-10(16-2)12-7-8-13(19-12)11-5-6-14(17-3)15(9-11)18-4/h5-10,16H,1-4H3. The van der Waals surface area contributed by atoms with E-state index in [-0.39, 0.29) is 6.04 Å². The third kappa shape index (κ3) is 2.74. The van der Waals surface area contributed by atoms with Crippen molar-refractivity contribution >= 4 is 0 Å². The number of hydrogen-bond donors (Lipinski definition) is 1. The highest BCUT2D eigenvalue weighted by Gasteiger charge is 2.12. The summed E-state index contributed by atoms with van der Waals surface area (Å²) in [6, 6.07) is 9.86. The second-order valence-corrected chi connectivity index (χ2v) is 4.28. The van der Waals surface area contributed by atoms with Gasteiger partial charge in [0.25, 0.3) is 0 Å². The van der Waals surface area contributed by atoms with Crippen LogP contribution >= 0.6 is 0 Å². The lowest BCUT2D eigenvalue weighted by molar-refractivity contribution is 0.355. The minimum Gasteiger partial charge on any atom is -0.493 e. The SMILES string of the molecule is CNC(C)c1ccc(-c2ccc(OC)c(OC)c2)o1. The largest absolute Gasteiger partial charge is 0.493 e. The first-order chi connectivity index (χ1) is 9.19. The van der Waals surface area contributed by atoms with Crippen LogP contribution in [0.1, 0.15) is 18.7 Å². The maximum Gasteiger partial charge on any atom is 0.161 e. The Hall–Kier alpha value is -1.94. The average Bonchev–Trinajstić information content (AvgIpc) is 2.95. The van der Waals surface area contributed by atoms with Crippen LogP contribution in [0.3, 0.4) is 0 Å². The Labute approximate surface area is 113 Å². The number of ether oxygens (including phenoxy) is 2. The molecule has 0 saturated heterocycles. The molecule has 0 aliphatic carbocycles. The van der Waals surface area contributed by atoms with Gasteiger partial charge < -0.3 is 19.2 Å². The van der Waals surface area contributed by atoms with Crippen molar-refractivity contribution in [1.82, 2.24) is 5.32 Å². The van der Waals surface area contributed by atoms with Gasteiger partial charge in [0.05, 0.1) is 20.3 Å². The normalized spacial score (nSPS) is 12.2. The topological polar surface area (TPSA) is 43.6 Å². The Morgan fingerprint density at radius 3 is 2.42 bits per heavy atom. The summed E-state index contributed by atoms with van der Waals surface area (Å²) in [5, 5.41) is 3.15. The molecule has 102 valence electrons. The van der Waals surface area contributed by atoms with Gasteiger partial charge in [-0.1, -0.05) is 0 Å². The van der Waals surface area contributed by atoms with E-state index in [1.54, 1.807) is 14.2 Å². The molecule has 0 radical (unpaired) electrons. The van der Waals surface area contributed by atoms with E-state index >= 15 is 0 Å². The van der Waals surface area contributed by atoms with E-state index in [2.05, 4.69) is 12.2 Å². The molecule has 4 nitrogen and oxygen atoms in total. The third-order valence-electron chi connectivity index (χ3n) is 3.15. The second kappa shape index (κ2) is 5.80. The molecule has 2 rings (SSSR count). The number of benzene rings is 1. The Balaban J connectivity index is 2.34. The van der Waals surface area contributed by atoms with Gasteiger partial charge in [-0.3, -0.25) is 0 Å². The van der Waals surface area contributed by atoms with Crippen molar-refractivity contribution in [3.8, 4) is 22.8 Å². The quantitative estimate of drug-likeness (QED) is 0.897. The Bertz CT molecular complexity index is 548. The van der Waals surface area contributed by atoms with E-state index in [1.165, 1.54) is 0 Å². The van der Waals surface area contributed by atoms with Gasteiger partial charge in [0.15, 0.2) is 11.5 Å². The predicted octanol–water partition coefficient (Wildman–Crippen LogP) is 3.24. The van der Waals surface area contributed by atoms with Gasteiger partial charge in [0.2, 0.25) is 0 Å². The molecule has 2 aromatic rings. The zero-order valence-electron chi connectivity index (χ0n) is 11.7. The van der Waals surface area contributed by atoms with Crippen molar-refractivity contribution in [2.75, 3.05) is 21.3 Å². The summed E-state index contributed by atoms with van der Waals surface area (Å²) in [5.41, 5.74) is 0.965. The number of hydrogen-bond acceptors (Lipinski definition) is 4. The Morgan fingerprint density at radius 1 is 1.05 bits per heavy atom. The van der Waals surface area contributed by atoms with Crippen LogP contribution in [0.5, 0.6) is 11.5 Å². The zero-order chi connectivity index (χ0) is 13.8. The summed E-state index contributed by atoms with van der Waals surface area (Å²) in [5.74, 6) is 3.13. The molecule has 4 heteroatoms. The van der Waals surface area contributed by atoms with Crippen molar-refractivity contribution in [2.45, 2.75) is 13.0 Å². The maximum absolute atomic E-state index is 5.84. The molecule has 0 saturated carbocycles. The Morgan fingerprint density at radius 2 is 1.79 bits per heavy atom. The maximum atomic E-state index is 5.84. The molecule has 1 atom stereocenters. The molecule has 0 spiro atoms. The molecule has 0 bridgehead atoms. The summed E-state index contributed by atoms with van der Waals surface area (Å²) in [6.45, 7) is 2.05. The first-order valence-electron chi connectivity index (χ1n) is 6.19. The molecule has 0 fully saturated rings. The second-order valence-electron chi connectivity index (χ2n) is 4.28. The first kappa shape index (κ1) is 13.5. The fourth-order valence-electron chi connectivity index (χ4n) is 1.87. The third-order valence-corrected chi connectivity index (χ3v) is 3.15. The van der Waals surface area contributed by atoms with Crippen LogP contribution in [0.2, 0.25) is 0 Å². The molecule has 19 heavy (non-hydrogen) atoms. The van der Waals surface area contributed by atoms with Gasteiger partial charge in [0, 0.05) is 5.56 Å². The summed E-state index contributed by atoms with van der Waals surface area (Å²) >= 11 is 0. The summed E-state index contributed by atoms with van der Waals surface area (Å²) in [7, 11) is 5.15. The van der Waals surface area contributed by atoms with Crippen molar-refractivity contribution in [3.63, 3.8) is 0 Å². The molecule has 1 unspecified atom stereocenters. The van der Waals surface area contributed by atoms with Crippen molar-refractivity contribution in [1.29, 1.82) is 0 Å². The number of methoxy groups -OCH3 is 2. The summed E-state index contributed by atoms with van der Waals surface area (Å²) in [4.78, 5) is 0. The minimum atomic E-state index is 0.189. The van der Waals surface area contributed by atoms with Crippen LogP contribution in [0.4, 0.5) is 0 Å². The molecular formula is C15H19NO3. The van der Waals surface area contributed by atoms with E-state index in [9.17, 15) is 0 Å². The molecule has 0 aliphatic heterocycles. The summed E-state index contributed by atoms with van der Waals surface area (Å²) in [6.07, 6.45) is 0. The molecule has 1 N–H and O–H groups in total. The lowest BCUT2D eigenvalue weighted by Gasteiger charge is -2.09. The van der Waals surface area contributed by atoms with E-state index in [0.29, 0.717) is 11.5 Å². The fraction of sp³-hybridized carbons (Fsp3) is 0.333. The molecule has 0 aliphatic rings. The van der Waals surface area contributed by atoms with Crippen molar-refractivity contribution < 1.29 is 13.9 Å². The molecular weight excluding hydrogens is 242 g/mol. The highest BCUT2D eigenvalue weighted by molar-refractivity contribution is 5.63. The predicted molar refractivity (Wildman–Crippen MR) is 74.7 cm³/mol. The van der Waals surface area contributed by atoms with E-state index in [0.717, 1.165) is 17.1 Å². The minimum absolute atomic E-state index is 0.189. The van der Waals surface area contributed by atoms with E-state index < -0.39 is 0 Å². The van der Waals surface area contributed by atoms with Crippen LogP contribution in [0, 0.1) is 0 Å². The smallest absolute Gasteiger partial charge is 0.161 e.